The molecule has 3 unspecified atom stereocenters. The zero-order valence-electron chi connectivity index (χ0n) is 10.4. The molecule has 0 bridgehead atoms. The fraction of sp³-hybridized carbons (Fsp3) is 0.833. The van der Waals surface area contributed by atoms with Crippen molar-refractivity contribution in [3.63, 3.8) is 0 Å². The first-order chi connectivity index (χ1) is 7.34. The Hall–Kier alpha value is -1.06. The van der Waals surface area contributed by atoms with Crippen LogP contribution in [-0.4, -0.2) is 35.0 Å². The molecule has 4 nitrogen and oxygen atoms in total. The molecule has 0 heterocycles. The molecule has 1 rings (SSSR count). The molecule has 0 radical (unpaired) electrons. The predicted octanol–water partition coefficient (Wildman–Crippen LogP) is 1.60. The van der Waals surface area contributed by atoms with Crippen LogP contribution in [0.15, 0.2) is 0 Å². The van der Waals surface area contributed by atoms with Crippen LogP contribution in [-0.2, 0) is 9.59 Å². The second-order valence-corrected chi connectivity index (χ2v) is 5.21. The van der Waals surface area contributed by atoms with E-state index in [2.05, 4.69) is 13.8 Å². The molecular formula is C12H21NO3. The molecule has 1 aliphatic rings. The number of carbonyl (C=O) groups excluding carboxylic acids is 1. The van der Waals surface area contributed by atoms with E-state index in [9.17, 15) is 9.59 Å². The first-order valence-electron chi connectivity index (χ1n) is 5.84. The number of hydrogen-bond acceptors (Lipinski definition) is 2. The minimum absolute atomic E-state index is 0.0134. The van der Waals surface area contributed by atoms with Crippen molar-refractivity contribution in [2.45, 2.75) is 39.7 Å². The number of aliphatic carboxylic acids is 1. The summed E-state index contributed by atoms with van der Waals surface area (Å²) in [6.07, 6.45) is 1.46. The average Bonchev–Trinajstić information content (AvgIpc) is 2.93. The van der Waals surface area contributed by atoms with Crippen molar-refractivity contribution in [1.29, 1.82) is 0 Å². The number of carbonyl (C=O) groups is 2. The molecule has 1 amide bonds. The molecule has 0 aromatic carbocycles. The van der Waals surface area contributed by atoms with Gasteiger partial charge in [-0.05, 0) is 25.7 Å². The number of carboxylic acid groups (broad SMARTS) is 1. The maximum Gasteiger partial charge on any atom is 0.307 e. The second kappa shape index (κ2) is 4.85. The van der Waals surface area contributed by atoms with Gasteiger partial charge in [0.1, 0.15) is 0 Å². The standard InChI is InChI=1S/C12H21NO3/c1-7(2)5-8(3)13(4)11(14)9-6-10(9)12(15)16/h7-10H,5-6H2,1-4H3,(H,15,16). The third kappa shape index (κ3) is 2.97. The van der Waals surface area contributed by atoms with Gasteiger partial charge in [-0.3, -0.25) is 9.59 Å². The lowest BCUT2D eigenvalue weighted by molar-refractivity contribution is -0.142. The van der Waals surface area contributed by atoms with Crippen molar-refractivity contribution >= 4 is 11.9 Å². The molecule has 16 heavy (non-hydrogen) atoms. The molecule has 3 atom stereocenters. The zero-order valence-corrected chi connectivity index (χ0v) is 10.4. The molecular weight excluding hydrogens is 206 g/mol. The Balaban J connectivity index is 2.46. The molecule has 92 valence electrons. The SMILES string of the molecule is CC(C)CC(C)N(C)C(=O)C1CC1C(=O)O. The third-order valence-corrected chi connectivity index (χ3v) is 3.25. The van der Waals surface area contributed by atoms with Gasteiger partial charge in [-0.15, -0.1) is 0 Å². The van der Waals surface area contributed by atoms with Crippen LogP contribution in [0.25, 0.3) is 0 Å². The summed E-state index contributed by atoms with van der Waals surface area (Å²) in [5, 5.41) is 8.77. The first kappa shape index (κ1) is 13.0. The average molecular weight is 227 g/mol. The van der Waals surface area contributed by atoms with Gasteiger partial charge in [-0.25, -0.2) is 0 Å². The molecule has 0 aliphatic heterocycles. The van der Waals surface area contributed by atoms with Crippen molar-refractivity contribution in [3.05, 3.63) is 0 Å². The smallest absolute Gasteiger partial charge is 0.307 e. The molecule has 1 saturated carbocycles. The quantitative estimate of drug-likeness (QED) is 0.776. The van der Waals surface area contributed by atoms with Crippen LogP contribution in [0.2, 0.25) is 0 Å². The highest BCUT2D eigenvalue weighted by Gasteiger charge is 2.49. The van der Waals surface area contributed by atoms with Gasteiger partial charge in [0, 0.05) is 13.1 Å². The van der Waals surface area contributed by atoms with Crippen LogP contribution in [0.1, 0.15) is 33.6 Å². The van der Waals surface area contributed by atoms with Crippen molar-refractivity contribution in [3.8, 4) is 0 Å². The molecule has 1 fully saturated rings. The summed E-state index contributed by atoms with van der Waals surface area (Å²) in [7, 11) is 1.77. The maximum atomic E-state index is 11.9. The van der Waals surface area contributed by atoms with Crippen molar-refractivity contribution < 1.29 is 14.7 Å². The lowest BCUT2D eigenvalue weighted by atomic mass is 10.0. The first-order valence-corrected chi connectivity index (χ1v) is 5.84. The van der Waals surface area contributed by atoms with Crippen LogP contribution in [0, 0.1) is 17.8 Å². The molecule has 0 saturated heterocycles. The molecule has 0 aromatic heterocycles. The Bertz CT molecular complexity index is 288. The summed E-state index contributed by atoms with van der Waals surface area (Å²) in [4.78, 5) is 24.3. The van der Waals surface area contributed by atoms with E-state index < -0.39 is 11.9 Å². The van der Waals surface area contributed by atoms with Crippen LogP contribution >= 0.6 is 0 Å². The van der Waals surface area contributed by atoms with Gasteiger partial charge in [0.2, 0.25) is 5.91 Å². The van der Waals surface area contributed by atoms with Gasteiger partial charge in [-0.2, -0.15) is 0 Å². The summed E-state index contributed by atoms with van der Waals surface area (Å²) >= 11 is 0. The Kier molecular flexibility index (Phi) is 3.94. The Morgan fingerprint density at radius 1 is 1.31 bits per heavy atom. The maximum absolute atomic E-state index is 11.9. The Morgan fingerprint density at radius 3 is 2.25 bits per heavy atom. The van der Waals surface area contributed by atoms with Crippen LogP contribution in [0.3, 0.4) is 0 Å². The Morgan fingerprint density at radius 2 is 1.88 bits per heavy atom. The summed E-state index contributed by atoms with van der Waals surface area (Å²) in [6.45, 7) is 6.24. The van der Waals surface area contributed by atoms with Gasteiger partial charge < -0.3 is 10.0 Å². The van der Waals surface area contributed by atoms with Gasteiger partial charge in [0.05, 0.1) is 11.8 Å². The van der Waals surface area contributed by atoms with E-state index in [1.807, 2.05) is 6.92 Å². The highest BCUT2D eigenvalue weighted by Crippen LogP contribution is 2.40. The van der Waals surface area contributed by atoms with Crippen LogP contribution in [0.5, 0.6) is 0 Å². The van der Waals surface area contributed by atoms with Gasteiger partial charge in [-0.1, -0.05) is 13.8 Å². The number of carboxylic acids is 1. The molecule has 4 heteroatoms. The van der Waals surface area contributed by atoms with Crippen molar-refractivity contribution in [2.24, 2.45) is 17.8 Å². The molecule has 0 aromatic rings. The number of nitrogens with zero attached hydrogens (tertiary/aromatic N) is 1. The van der Waals surface area contributed by atoms with E-state index in [0.29, 0.717) is 12.3 Å². The monoisotopic (exact) mass is 227 g/mol. The van der Waals surface area contributed by atoms with E-state index >= 15 is 0 Å². The number of amides is 1. The summed E-state index contributed by atoms with van der Waals surface area (Å²) in [5.41, 5.74) is 0. The predicted molar refractivity (Wildman–Crippen MR) is 60.9 cm³/mol. The Labute approximate surface area is 96.6 Å². The van der Waals surface area contributed by atoms with E-state index in [4.69, 9.17) is 5.11 Å². The lowest BCUT2D eigenvalue weighted by Gasteiger charge is -2.26. The van der Waals surface area contributed by atoms with E-state index in [1.54, 1.807) is 11.9 Å². The molecule has 1 N–H and O–H groups in total. The highest BCUT2D eigenvalue weighted by atomic mass is 16.4. The summed E-state index contributed by atoms with van der Waals surface area (Å²) in [6, 6.07) is 0.183. The van der Waals surface area contributed by atoms with Crippen LogP contribution < -0.4 is 0 Å². The van der Waals surface area contributed by atoms with E-state index in [0.717, 1.165) is 6.42 Å². The van der Waals surface area contributed by atoms with Crippen LogP contribution in [0.4, 0.5) is 0 Å². The van der Waals surface area contributed by atoms with Gasteiger partial charge >= 0.3 is 5.97 Å². The number of rotatable bonds is 5. The minimum atomic E-state index is -0.844. The zero-order chi connectivity index (χ0) is 12.5. The summed E-state index contributed by atoms with van der Waals surface area (Å²) < 4.78 is 0. The second-order valence-electron chi connectivity index (χ2n) is 5.21. The van der Waals surface area contributed by atoms with Gasteiger partial charge in [0.15, 0.2) is 0 Å². The van der Waals surface area contributed by atoms with E-state index in [1.165, 1.54) is 0 Å². The largest absolute Gasteiger partial charge is 0.481 e. The van der Waals surface area contributed by atoms with Gasteiger partial charge in [0.25, 0.3) is 0 Å². The normalized spacial score (nSPS) is 25.3. The third-order valence-electron chi connectivity index (χ3n) is 3.25. The number of hydrogen-bond donors (Lipinski definition) is 1. The van der Waals surface area contributed by atoms with Crippen molar-refractivity contribution in [1.82, 2.24) is 4.90 Å². The van der Waals surface area contributed by atoms with Crippen molar-refractivity contribution in [2.75, 3.05) is 7.05 Å². The highest BCUT2D eigenvalue weighted by molar-refractivity contribution is 5.89. The molecule has 1 aliphatic carbocycles. The lowest BCUT2D eigenvalue weighted by Crippen LogP contribution is -2.37. The topological polar surface area (TPSA) is 57.6 Å². The van der Waals surface area contributed by atoms with E-state index in [-0.39, 0.29) is 17.9 Å². The fourth-order valence-electron chi connectivity index (χ4n) is 2.06. The minimum Gasteiger partial charge on any atom is -0.481 e. The molecule has 0 spiro atoms. The fourth-order valence-corrected chi connectivity index (χ4v) is 2.06. The summed E-state index contributed by atoms with van der Waals surface area (Å²) in [5.74, 6) is -1.04.